The quantitative estimate of drug-likeness (QED) is 0.432. The predicted octanol–water partition coefficient (Wildman–Crippen LogP) is 6.12. The molecule has 7 heteroatoms. The van der Waals surface area contributed by atoms with Crippen molar-refractivity contribution in [3.05, 3.63) is 57.6 Å². The molecule has 0 heterocycles. The smallest absolute Gasteiger partial charge is 0.419 e. The molecule has 0 atom stereocenters. The van der Waals surface area contributed by atoms with E-state index >= 15 is 0 Å². The minimum Gasteiger partial charge on any atom is -0.488 e. The van der Waals surface area contributed by atoms with Crippen LogP contribution >= 0.6 is 11.6 Å². The molecule has 0 saturated heterocycles. The minimum atomic E-state index is -4.55. The van der Waals surface area contributed by atoms with Gasteiger partial charge in [-0.15, -0.1) is 0 Å². The number of carbonyl (C=O) groups excluding carboxylic acids is 1. The zero-order chi connectivity index (χ0) is 20.2. The molecule has 0 aromatic heterocycles. The topological polar surface area (TPSA) is 35.5 Å². The second-order valence-electron chi connectivity index (χ2n) is 5.96. The summed E-state index contributed by atoms with van der Waals surface area (Å²) in [5, 5.41) is 0.242. The van der Waals surface area contributed by atoms with E-state index in [4.69, 9.17) is 21.1 Å². The first-order chi connectivity index (χ1) is 12.7. The van der Waals surface area contributed by atoms with Crippen LogP contribution in [0.3, 0.4) is 0 Å². The molecule has 0 fully saturated rings. The van der Waals surface area contributed by atoms with Crippen molar-refractivity contribution in [2.45, 2.75) is 46.4 Å². The first kappa shape index (κ1) is 21.1. The van der Waals surface area contributed by atoms with Crippen LogP contribution in [-0.4, -0.2) is 5.97 Å². The van der Waals surface area contributed by atoms with Gasteiger partial charge in [0, 0.05) is 6.42 Å². The first-order valence-corrected chi connectivity index (χ1v) is 8.86. The SMILES string of the molecule is CCC(=O)Oc1cccc(Cl)c1COc1cc(C)c(CC)cc1C(F)(F)F. The van der Waals surface area contributed by atoms with Crippen molar-refractivity contribution < 1.29 is 27.4 Å². The second-order valence-corrected chi connectivity index (χ2v) is 6.37. The Balaban J connectivity index is 2.37. The predicted molar refractivity (Wildman–Crippen MR) is 97.3 cm³/mol. The molecule has 0 saturated carbocycles. The Labute approximate surface area is 161 Å². The highest BCUT2D eigenvalue weighted by Gasteiger charge is 2.35. The van der Waals surface area contributed by atoms with Crippen LogP contribution < -0.4 is 9.47 Å². The van der Waals surface area contributed by atoms with Gasteiger partial charge in [0.2, 0.25) is 0 Å². The maximum absolute atomic E-state index is 13.4. The van der Waals surface area contributed by atoms with Gasteiger partial charge in [0.05, 0.1) is 16.1 Å². The summed E-state index contributed by atoms with van der Waals surface area (Å²) >= 11 is 6.14. The Hall–Kier alpha value is -2.21. The van der Waals surface area contributed by atoms with Gasteiger partial charge < -0.3 is 9.47 Å². The van der Waals surface area contributed by atoms with Crippen LogP contribution in [0.15, 0.2) is 30.3 Å². The van der Waals surface area contributed by atoms with E-state index in [0.717, 1.165) is 6.07 Å². The van der Waals surface area contributed by atoms with Crippen LogP contribution in [0.4, 0.5) is 13.2 Å². The first-order valence-electron chi connectivity index (χ1n) is 8.48. The number of rotatable bonds is 6. The fraction of sp³-hybridized carbons (Fsp3) is 0.350. The van der Waals surface area contributed by atoms with E-state index in [9.17, 15) is 18.0 Å². The summed E-state index contributed by atoms with van der Waals surface area (Å²) in [7, 11) is 0. The number of esters is 1. The summed E-state index contributed by atoms with van der Waals surface area (Å²) < 4.78 is 50.9. The van der Waals surface area contributed by atoms with Crippen LogP contribution in [0.2, 0.25) is 5.02 Å². The fourth-order valence-electron chi connectivity index (χ4n) is 2.57. The van der Waals surface area contributed by atoms with Crippen molar-refractivity contribution in [1.82, 2.24) is 0 Å². The van der Waals surface area contributed by atoms with Crippen LogP contribution in [0.5, 0.6) is 11.5 Å². The van der Waals surface area contributed by atoms with Crippen LogP contribution in [-0.2, 0) is 24.0 Å². The van der Waals surface area contributed by atoms with E-state index in [2.05, 4.69) is 0 Å². The number of hydrogen-bond donors (Lipinski definition) is 0. The molecular formula is C20H20ClF3O3. The minimum absolute atomic E-state index is 0.155. The zero-order valence-corrected chi connectivity index (χ0v) is 16.0. The lowest BCUT2D eigenvalue weighted by atomic mass is 10.0. The number of benzene rings is 2. The molecule has 0 spiro atoms. The molecule has 146 valence electrons. The van der Waals surface area contributed by atoms with Gasteiger partial charge in [-0.1, -0.05) is 31.5 Å². The molecule has 0 aliphatic carbocycles. The lowest BCUT2D eigenvalue weighted by Crippen LogP contribution is -2.12. The van der Waals surface area contributed by atoms with Gasteiger partial charge in [-0.3, -0.25) is 4.79 Å². The summed E-state index contributed by atoms with van der Waals surface area (Å²) in [5.74, 6) is -0.590. The van der Waals surface area contributed by atoms with Crippen molar-refractivity contribution in [3.8, 4) is 11.5 Å². The molecule has 0 amide bonds. The van der Waals surface area contributed by atoms with Crippen molar-refractivity contribution in [3.63, 3.8) is 0 Å². The highest BCUT2D eigenvalue weighted by Crippen LogP contribution is 2.39. The highest BCUT2D eigenvalue weighted by atomic mass is 35.5. The average molecular weight is 401 g/mol. The largest absolute Gasteiger partial charge is 0.488 e. The molecular weight excluding hydrogens is 381 g/mol. The van der Waals surface area contributed by atoms with Gasteiger partial charge in [-0.25, -0.2) is 0 Å². The van der Waals surface area contributed by atoms with Gasteiger partial charge in [0.25, 0.3) is 0 Å². The molecule has 27 heavy (non-hydrogen) atoms. The van der Waals surface area contributed by atoms with Crippen LogP contribution in [0, 0.1) is 6.92 Å². The molecule has 2 aromatic carbocycles. The summed E-state index contributed by atoms with van der Waals surface area (Å²) in [6, 6.07) is 7.14. The molecule has 0 N–H and O–H groups in total. The molecule has 3 nitrogen and oxygen atoms in total. The van der Waals surface area contributed by atoms with Crippen LogP contribution in [0.1, 0.15) is 42.5 Å². The van der Waals surface area contributed by atoms with Crippen molar-refractivity contribution in [1.29, 1.82) is 0 Å². The van der Waals surface area contributed by atoms with E-state index in [1.807, 2.05) is 0 Å². The fourth-order valence-corrected chi connectivity index (χ4v) is 2.79. The Morgan fingerprint density at radius 3 is 2.44 bits per heavy atom. The maximum Gasteiger partial charge on any atom is 0.419 e. The van der Waals surface area contributed by atoms with E-state index in [0.29, 0.717) is 23.1 Å². The number of ether oxygens (including phenoxy) is 2. The summed E-state index contributed by atoms with van der Waals surface area (Å²) in [6.07, 6.45) is -3.91. The number of halogens is 4. The molecule has 0 bridgehead atoms. The van der Waals surface area contributed by atoms with Gasteiger partial charge in [0.15, 0.2) is 0 Å². The lowest BCUT2D eigenvalue weighted by molar-refractivity contribution is -0.139. The average Bonchev–Trinajstić information content (AvgIpc) is 2.60. The highest BCUT2D eigenvalue weighted by molar-refractivity contribution is 6.31. The van der Waals surface area contributed by atoms with Gasteiger partial charge >= 0.3 is 12.1 Å². The monoisotopic (exact) mass is 400 g/mol. The Kier molecular flexibility index (Phi) is 6.76. The normalized spacial score (nSPS) is 11.4. The number of carbonyl (C=O) groups is 1. The summed E-state index contributed by atoms with van der Waals surface area (Å²) in [4.78, 5) is 11.6. The van der Waals surface area contributed by atoms with E-state index in [-0.39, 0.29) is 29.5 Å². The number of alkyl halides is 3. The number of aryl methyl sites for hydroxylation is 2. The molecule has 2 rings (SSSR count). The van der Waals surface area contributed by atoms with Crippen LogP contribution in [0.25, 0.3) is 0 Å². The Bertz CT molecular complexity index is 832. The third-order valence-corrected chi connectivity index (χ3v) is 4.44. The maximum atomic E-state index is 13.4. The third kappa shape index (κ3) is 5.16. The van der Waals surface area contributed by atoms with Crippen molar-refractivity contribution in [2.75, 3.05) is 0 Å². The summed E-state index contributed by atoms with van der Waals surface area (Å²) in [5.41, 5.74) is 0.776. The molecule has 0 radical (unpaired) electrons. The van der Waals surface area contributed by atoms with E-state index < -0.39 is 17.7 Å². The van der Waals surface area contributed by atoms with Gasteiger partial charge in [0.1, 0.15) is 18.1 Å². The Morgan fingerprint density at radius 2 is 1.85 bits per heavy atom. The standard InChI is InChI=1S/C20H20ClF3O3/c1-4-13-10-15(20(22,23)24)18(9-12(13)3)26-11-14-16(21)7-6-8-17(14)27-19(25)5-2/h6-10H,4-5,11H2,1-3H3. The lowest BCUT2D eigenvalue weighted by Gasteiger charge is -2.18. The zero-order valence-electron chi connectivity index (χ0n) is 15.2. The second kappa shape index (κ2) is 8.65. The van der Waals surface area contributed by atoms with E-state index in [1.54, 1.807) is 32.9 Å². The molecule has 2 aromatic rings. The Morgan fingerprint density at radius 1 is 1.15 bits per heavy atom. The van der Waals surface area contributed by atoms with Crippen molar-refractivity contribution in [2.24, 2.45) is 0 Å². The summed E-state index contributed by atoms with van der Waals surface area (Å²) in [6.45, 7) is 4.90. The third-order valence-electron chi connectivity index (χ3n) is 4.08. The van der Waals surface area contributed by atoms with Gasteiger partial charge in [-0.05, 0) is 48.7 Å². The molecule has 0 aliphatic rings. The van der Waals surface area contributed by atoms with Crippen molar-refractivity contribution >= 4 is 17.6 Å². The molecule has 0 unspecified atom stereocenters. The van der Waals surface area contributed by atoms with Gasteiger partial charge in [-0.2, -0.15) is 13.2 Å². The number of hydrogen-bond acceptors (Lipinski definition) is 3. The van der Waals surface area contributed by atoms with E-state index in [1.165, 1.54) is 12.1 Å². The molecule has 0 aliphatic heterocycles.